The summed E-state index contributed by atoms with van der Waals surface area (Å²) in [7, 11) is 1.93. The Morgan fingerprint density at radius 2 is 1.94 bits per heavy atom. The van der Waals surface area contributed by atoms with Crippen molar-refractivity contribution in [2.45, 2.75) is 19.8 Å². The van der Waals surface area contributed by atoms with E-state index in [1.54, 1.807) is 13.0 Å². The maximum Gasteiger partial charge on any atom is 0.128 e. The van der Waals surface area contributed by atoms with Gasteiger partial charge in [0.1, 0.15) is 5.82 Å². The van der Waals surface area contributed by atoms with Gasteiger partial charge in [0.15, 0.2) is 0 Å². The van der Waals surface area contributed by atoms with Crippen LogP contribution < -0.4 is 10.6 Å². The Hall–Kier alpha value is -0.800. The molecule has 4 heteroatoms. The lowest BCUT2D eigenvalue weighted by atomic mass is 10.2. The molecule has 1 rings (SSSR count). The van der Waals surface area contributed by atoms with E-state index in [0.29, 0.717) is 16.3 Å². The van der Waals surface area contributed by atoms with Gasteiger partial charge in [-0.3, -0.25) is 0 Å². The first kappa shape index (κ1) is 13.3. The fourth-order valence-electron chi connectivity index (χ4n) is 1.43. The molecule has 0 saturated heterocycles. The Bertz CT molecular complexity index is 342. The van der Waals surface area contributed by atoms with Gasteiger partial charge in [0.05, 0.1) is 10.7 Å². The lowest BCUT2D eigenvalue weighted by molar-refractivity contribution is 0.618. The first-order valence-electron chi connectivity index (χ1n) is 5.49. The van der Waals surface area contributed by atoms with Gasteiger partial charge >= 0.3 is 0 Å². The van der Waals surface area contributed by atoms with Crippen molar-refractivity contribution in [3.8, 4) is 0 Å². The number of rotatable bonds is 6. The maximum absolute atomic E-state index is 13.3. The maximum atomic E-state index is 13.3. The molecule has 0 fully saturated rings. The molecule has 0 spiro atoms. The van der Waals surface area contributed by atoms with Crippen molar-refractivity contribution in [1.29, 1.82) is 0 Å². The van der Waals surface area contributed by atoms with Crippen LogP contribution in [0.25, 0.3) is 0 Å². The number of halogens is 2. The van der Waals surface area contributed by atoms with Crippen LogP contribution in [0.1, 0.15) is 18.4 Å². The third-order valence-electron chi connectivity index (χ3n) is 2.42. The van der Waals surface area contributed by atoms with Crippen molar-refractivity contribution in [3.63, 3.8) is 0 Å². The first-order chi connectivity index (χ1) is 7.65. The number of hydrogen-bond donors (Lipinski definition) is 2. The summed E-state index contributed by atoms with van der Waals surface area (Å²) in [4.78, 5) is 0. The zero-order valence-corrected chi connectivity index (χ0v) is 10.5. The van der Waals surface area contributed by atoms with Crippen molar-refractivity contribution >= 4 is 17.3 Å². The summed E-state index contributed by atoms with van der Waals surface area (Å²) in [6, 6.07) is 3.10. The summed E-state index contributed by atoms with van der Waals surface area (Å²) >= 11 is 6.00. The van der Waals surface area contributed by atoms with Gasteiger partial charge in [0.2, 0.25) is 0 Å². The van der Waals surface area contributed by atoms with Crippen LogP contribution in [-0.4, -0.2) is 20.1 Å². The smallest absolute Gasteiger partial charge is 0.128 e. The van der Waals surface area contributed by atoms with Gasteiger partial charge in [-0.2, -0.15) is 0 Å². The number of unbranched alkanes of at least 4 members (excludes halogenated alkanes) is 1. The SMILES string of the molecule is CNCCCCNc1cc(F)c(C)cc1Cl. The van der Waals surface area contributed by atoms with Crippen LogP contribution in [0.4, 0.5) is 10.1 Å². The van der Waals surface area contributed by atoms with Crippen molar-refractivity contribution in [3.05, 3.63) is 28.5 Å². The summed E-state index contributed by atoms with van der Waals surface area (Å²) in [5.41, 5.74) is 1.25. The largest absolute Gasteiger partial charge is 0.384 e. The van der Waals surface area contributed by atoms with Gasteiger partial charge < -0.3 is 10.6 Å². The third kappa shape index (κ3) is 3.99. The second-order valence-electron chi connectivity index (χ2n) is 3.82. The first-order valence-corrected chi connectivity index (χ1v) is 5.87. The summed E-state index contributed by atoms with van der Waals surface area (Å²) in [5.74, 6) is -0.220. The molecule has 0 amide bonds. The second-order valence-corrected chi connectivity index (χ2v) is 4.23. The van der Waals surface area contributed by atoms with E-state index in [2.05, 4.69) is 10.6 Å². The van der Waals surface area contributed by atoms with Crippen molar-refractivity contribution < 1.29 is 4.39 Å². The summed E-state index contributed by atoms with van der Waals surface area (Å²) in [6.07, 6.45) is 2.13. The molecule has 2 nitrogen and oxygen atoms in total. The molecule has 0 radical (unpaired) electrons. The lowest BCUT2D eigenvalue weighted by Crippen LogP contribution is -2.10. The van der Waals surface area contributed by atoms with E-state index in [4.69, 9.17) is 11.6 Å². The van der Waals surface area contributed by atoms with Crippen LogP contribution in [0.3, 0.4) is 0 Å². The molecule has 2 N–H and O–H groups in total. The highest BCUT2D eigenvalue weighted by molar-refractivity contribution is 6.33. The fraction of sp³-hybridized carbons (Fsp3) is 0.500. The van der Waals surface area contributed by atoms with E-state index in [1.165, 1.54) is 6.07 Å². The van der Waals surface area contributed by atoms with Crippen LogP contribution in [0.5, 0.6) is 0 Å². The number of hydrogen-bond acceptors (Lipinski definition) is 2. The highest BCUT2D eigenvalue weighted by atomic mass is 35.5. The van der Waals surface area contributed by atoms with E-state index < -0.39 is 0 Å². The number of benzene rings is 1. The molecular weight excluding hydrogens is 227 g/mol. The predicted molar refractivity (Wildman–Crippen MR) is 67.8 cm³/mol. The van der Waals surface area contributed by atoms with Crippen LogP contribution in [-0.2, 0) is 0 Å². The Morgan fingerprint density at radius 1 is 1.25 bits per heavy atom. The minimum Gasteiger partial charge on any atom is -0.384 e. The monoisotopic (exact) mass is 244 g/mol. The molecule has 90 valence electrons. The normalized spacial score (nSPS) is 10.5. The average molecular weight is 245 g/mol. The summed E-state index contributed by atoms with van der Waals surface area (Å²) < 4.78 is 13.3. The molecule has 0 aliphatic heterocycles. The van der Waals surface area contributed by atoms with Crippen molar-refractivity contribution in [2.24, 2.45) is 0 Å². The molecule has 0 saturated carbocycles. The Balaban J connectivity index is 2.45. The minimum absolute atomic E-state index is 0.220. The van der Waals surface area contributed by atoms with Crippen molar-refractivity contribution in [1.82, 2.24) is 5.32 Å². The third-order valence-corrected chi connectivity index (χ3v) is 2.73. The van der Waals surface area contributed by atoms with E-state index in [-0.39, 0.29) is 5.82 Å². The minimum atomic E-state index is -0.220. The van der Waals surface area contributed by atoms with Crippen molar-refractivity contribution in [2.75, 3.05) is 25.5 Å². The molecule has 0 aromatic heterocycles. The predicted octanol–water partition coefficient (Wildman–Crippen LogP) is 3.20. The molecule has 0 bridgehead atoms. The van der Waals surface area contributed by atoms with E-state index in [1.807, 2.05) is 7.05 Å². The summed E-state index contributed by atoms with van der Waals surface area (Å²) in [5, 5.41) is 6.80. The highest BCUT2D eigenvalue weighted by Gasteiger charge is 2.04. The van der Waals surface area contributed by atoms with E-state index in [9.17, 15) is 4.39 Å². The molecule has 0 heterocycles. The molecule has 0 unspecified atom stereocenters. The molecular formula is C12H18ClFN2. The molecule has 1 aromatic carbocycles. The molecule has 16 heavy (non-hydrogen) atoms. The Kier molecular flexibility index (Phi) is 5.56. The van der Waals surface area contributed by atoms with Gasteiger partial charge in [-0.25, -0.2) is 4.39 Å². The van der Waals surface area contributed by atoms with Crippen LogP contribution >= 0.6 is 11.6 Å². The molecule has 0 aliphatic rings. The van der Waals surface area contributed by atoms with Gasteiger partial charge in [-0.05, 0) is 51.1 Å². The van der Waals surface area contributed by atoms with Gasteiger partial charge in [0.25, 0.3) is 0 Å². The van der Waals surface area contributed by atoms with Crippen LogP contribution in [0, 0.1) is 12.7 Å². The number of aryl methyl sites for hydroxylation is 1. The molecule has 1 aromatic rings. The molecule has 0 aliphatic carbocycles. The number of nitrogens with one attached hydrogen (secondary N) is 2. The van der Waals surface area contributed by atoms with E-state index in [0.717, 1.165) is 25.9 Å². The Morgan fingerprint density at radius 3 is 2.62 bits per heavy atom. The molecule has 0 atom stereocenters. The van der Waals surface area contributed by atoms with E-state index >= 15 is 0 Å². The van der Waals surface area contributed by atoms with Gasteiger partial charge in [-0.15, -0.1) is 0 Å². The second kappa shape index (κ2) is 6.71. The lowest BCUT2D eigenvalue weighted by Gasteiger charge is -2.09. The van der Waals surface area contributed by atoms with Gasteiger partial charge in [0, 0.05) is 6.54 Å². The van der Waals surface area contributed by atoms with Crippen LogP contribution in [0.15, 0.2) is 12.1 Å². The number of anilines is 1. The fourth-order valence-corrected chi connectivity index (χ4v) is 1.72. The van der Waals surface area contributed by atoms with Gasteiger partial charge in [-0.1, -0.05) is 11.6 Å². The average Bonchev–Trinajstić information content (AvgIpc) is 2.25. The zero-order valence-electron chi connectivity index (χ0n) is 9.74. The standard InChI is InChI=1S/C12H18ClFN2/c1-9-7-10(13)12(8-11(9)14)16-6-4-3-5-15-2/h7-8,15-16H,3-6H2,1-2H3. The quantitative estimate of drug-likeness (QED) is 0.751. The topological polar surface area (TPSA) is 24.1 Å². The zero-order chi connectivity index (χ0) is 12.0. The van der Waals surface area contributed by atoms with Crippen LogP contribution in [0.2, 0.25) is 5.02 Å². The highest BCUT2D eigenvalue weighted by Crippen LogP contribution is 2.24. The Labute approximate surface area is 101 Å². The summed E-state index contributed by atoms with van der Waals surface area (Å²) in [6.45, 7) is 3.51.